The molecule has 1 unspecified atom stereocenters. The van der Waals surface area contributed by atoms with E-state index in [0.29, 0.717) is 37.1 Å². The summed E-state index contributed by atoms with van der Waals surface area (Å²) in [5, 5.41) is 9.12. The molecule has 0 aromatic heterocycles. The first-order valence-electron chi connectivity index (χ1n) is 8.25. The normalized spacial score (nSPS) is 15.5. The van der Waals surface area contributed by atoms with Gasteiger partial charge in [0.05, 0.1) is 12.6 Å². The number of rotatable bonds is 7. The van der Waals surface area contributed by atoms with Crippen molar-refractivity contribution in [1.82, 2.24) is 16.0 Å². The van der Waals surface area contributed by atoms with E-state index in [1.165, 1.54) is 6.07 Å². The minimum Gasteiger partial charge on any atom is -0.450 e. The molecule has 0 aliphatic heterocycles. The molecule has 1 atom stereocenters. The monoisotopic (exact) mass is 336 g/mol. The van der Waals surface area contributed by atoms with Crippen molar-refractivity contribution in [1.29, 1.82) is 0 Å². The Morgan fingerprint density at radius 3 is 2.75 bits per heavy atom. The summed E-state index contributed by atoms with van der Waals surface area (Å²) < 4.78 is 18.6. The molecule has 0 heterocycles. The molecule has 0 bridgehead atoms. The SMILES string of the molecule is CCOC(=O)NC(CNC(=NC)NCc1ccccc1F)C1CC1. The van der Waals surface area contributed by atoms with Crippen LogP contribution in [0, 0.1) is 11.7 Å². The third-order valence-corrected chi connectivity index (χ3v) is 3.89. The van der Waals surface area contributed by atoms with Crippen molar-refractivity contribution in [2.45, 2.75) is 32.4 Å². The Kier molecular flexibility index (Phi) is 6.84. The molecule has 0 spiro atoms. The van der Waals surface area contributed by atoms with Gasteiger partial charge in [0.15, 0.2) is 5.96 Å². The lowest BCUT2D eigenvalue weighted by Gasteiger charge is -2.20. The highest BCUT2D eigenvalue weighted by atomic mass is 19.1. The lowest BCUT2D eigenvalue weighted by molar-refractivity contribution is 0.146. The number of amides is 1. The molecule has 1 fully saturated rings. The maximum Gasteiger partial charge on any atom is 0.407 e. The lowest BCUT2D eigenvalue weighted by Crippen LogP contribution is -2.48. The summed E-state index contributed by atoms with van der Waals surface area (Å²) in [6.07, 6.45) is 1.80. The third kappa shape index (κ3) is 5.72. The maximum atomic E-state index is 13.6. The summed E-state index contributed by atoms with van der Waals surface area (Å²) in [4.78, 5) is 15.7. The average Bonchev–Trinajstić information content (AvgIpc) is 3.40. The second-order valence-corrected chi connectivity index (χ2v) is 5.71. The fourth-order valence-corrected chi connectivity index (χ4v) is 2.41. The van der Waals surface area contributed by atoms with Crippen molar-refractivity contribution in [3.63, 3.8) is 0 Å². The highest BCUT2D eigenvalue weighted by molar-refractivity contribution is 5.79. The molecule has 24 heavy (non-hydrogen) atoms. The molecule has 0 radical (unpaired) electrons. The van der Waals surface area contributed by atoms with Crippen molar-refractivity contribution < 1.29 is 13.9 Å². The van der Waals surface area contributed by atoms with E-state index in [4.69, 9.17) is 4.74 Å². The second kappa shape index (κ2) is 9.10. The maximum absolute atomic E-state index is 13.6. The van der Waals surface area contributed by atoms with Crippen LogP contribution in [0.5, 0.6) is 0 Å². The molecule has 1 amide bonds. The van der Waals surface area contributed by atoms with Crippen LogP contribution in [0.25, 0.3) is 0 Å². The highest BCUT2D eigenvalue weighted by Gasteiger charge is 2.32. The predicted octanol–water partition coefficient (Wildman–Crippen LogP) is 2.02. The smallest absolute Gasteiger partial charge is 0.407 e. The van der Waals surface area contributed by atoms with Crippen molar-refractivity contribution in [2.75, 3.05) is 20.2 Å². The number of carbonyl (C=O) groups is 1. The zero-order chi connectivity index (χ0) is 17.4. The molecule has 1 aliphatic carbocycles. The number of nitrogens with one attached hydrogen (secondary N) is 3. The summed E-state index contributed by atoms with van der Waals surface area (Å²) >= 11 is 0. The molecule has 6 nitrogen and oxygen atoms in total. The topological polar surface area (TPSA) is 74.8 Å². The summed E-state index contributed by atoms with van der Waals surface area (Å²) in [5.74, 6) is 0.779. The van der Waals surface area contributed by atoms with Crippen LogP contribution >= 0.6 is 0 Å². The van der Waals surface area contributed by atoms with E-state index in [1.54, 1.807) is 32.2 Å². The molecular weight excluding hydrogens is 311 g/mol. The predicted molar refractivity (Wildman–Crippen MR) is 91.3 cm³/mol. The number of benzene rings is 1. The number of ether oxygens (including phenoxy) is 1. The molecule has 7 heteroatoms. The molecule has 1 aromatic rings. The van der Waals surface area contributed by atoms with E-state index < -0.39 is 6.09 Å². The summed E-state index contributed by atoms with van der Waals surface area (Å²) in [5.41, 5.74) is 0.573. The average molecular weight is 336 g/mol. The molecule has 1 saturated carbocycles. The zero-order valence-electron chi connectivity index (χ0n) is 14.1. The molecule has 1 aliphatic rings. The molecule has 1 aromatic carbocycles. The number of aliphatic imine (C=N–C) groups is 1. The van der Waals surface area contributed by atoms with Crippen LogP contribution in [0.3, 0.4) is 0 Å². The number of halogens is 1. The fraction of sp³-hybridized carbons (Fsp3) is 0.529. The Labute approximate surface area is 141 Å². The van der Waals surface area contributed by atoms with Gasteiger partial charge in [-0.15, -0.1) is 0 Å². The molecule has 132 valence electrons. The minimum atomic E-state index is -0.398. The van der Waals surface area contributed by atoms with Crippen LogP contribution in [0.4, 0.5) is 9.18 Å². The van der Waals surface area contributed by atoms with Crippen LogP contribution < -0.4 is 16.0 Å². The van der Waals surface area contributed by atoms with E-state index in [1.807, 2.05) is 0 Å². The van der Waals surface area contributed by atoms with Gasteiger partial charge in [-0.2, -0.15) is 0 Å². The van der Waals surface area contributed by atoms with Crippen molar-refractivity contribution in [3.05, 3.63) is 35.6 Å². The van der Waals surface area contributed by atoms with Gasteiger partial charge in [0.25, 0.3) is 0 Å². The lowest BCUT2D eigenvalue weighted by atomic mass is 10.2. The number of carbonyl (C=O) groups excluding carboxylic acids is 1. The Bertz CT molecular complexity index is 575. The quantitative estimate of drug-likeness (QED) is 0.526. The van der Waals surface area contributed by atoms with Crippen molar-refractivity contribution >= 4 is 12.1 Å². The first-order chi connectivity index (χ1) is 11.6. The number of nitrogens with zero attached hydrogens (tertiary/aromatic N) is 1. The second-order valence-electron chi connectivity index (χ2n) is 5.71. The molecule has 0 saturated heterocycles. The zero-order valence-corrected chi connectivity index (χ0v) is 14.1. The summed E-state index contributed by atoms with van der Waals surface area (Å²) in [7, 11) is 1.65. The highest BCUT2D eigenvalue weighted by Crippen LogP contribution is 2.32. The van der Waals surface area contributed by atoms with Gasteiger partial charge in [0.2, 0.25) is 0 Å². The van der Waals surface area contributed by atoms with E-state index >= 15 is 0 Å². The van der Waals surface area contributed by atoms with Gasteiger partial charge < -0.3 is 20.7 Å². The van der Waals surface area contributed by atoms with Crippen LogP contribution in [-0.4, -0.2) is 38.3 Å². The standard InChI is InChI=1S/C17H25FN4O2/c1-3-24-17(23)22-15(12-8-9-12)11-21-16(19-2)20-10-13-6-4-5-7-14(13)18/h4-7,12,15H,3,8-11H2,1-2H3,(H,22,23)(H2,19,20,21). The van der Waals surface area contributed by atoms with Crippen molar-refractivity contribution in [2.24, 2.45) is 10.9 Å². The molecule has 3 N–H and O–H groups in total. The molecule has 2 rings (SSSR count). The summed E-state index contributed by atoms with van der Waals surface area (Å²) in [6, 6.07) is 6.61. The van der Waals surface area contributed by atoms with Gasteiger partial charge in [0.1, 0.15) is 5.82 Å². The van der Waals surface area contributed by atoms with Gasteiger partial charge in [-0.1, -0.05) is 18.2 Å². The number of guanidine groups is 1. The van der Waals surface area contributed by atoms with Gasteiger partial charge in [0, 0.05) is 25.7 Å². The van der Waals surface area contributed by atoms with Crippen LogP contribution in [0.2, 0.25) is 0 Å². The van der Waals surface area contributed by atoms with Gasteiger partial charge in [-0.05, 0) is 31.7 Å². The van der Waals surface area contributed by atoms with Gasteiger partial charge >= 0.3 is 6.09 Å². The van der Waals surface area contributed by atoms with E-state index in [-0.39, 0.29) is 11.9 Å². The summed E-state index contributed by atoms with van der Waals surface area (Å²) in [6.45, 7) is 3.01. The molecular formula is C17H25FN4O2. The third-order valence-electron chi connectivity index (χ3n) is 3.89. The Hall–Kier alpha value is -2.31. The first kappa shape index (κ1) is 18.0. The van der Waals surface area contributed by atoms with Crippen molar-refractivity contribution in [3.8, 4) is 0 Å². The largest absolute Gasteiger partial charge is 0.450 e. The number of hydrogen-bond donors (Lipinski definition) is 3. The number of alkyl carbamates (subject to hydrolysis) is 1. The van der Waals surface area contributed by atoms with E-state index in [2.05, 4.69) is 20.9 Å². The number of hydrogen-bond acceptors (Lipinski definition) is 3. The van der Waals surface area contributed by atoms with Gasteiger partial charge in [-0.3, -0.25) is 4.99 Å². The van der Waals surface area contributed by atoms with Gasteiger partial charge in [-0.25, -0.2) is 9.18 Å². The first-order valence-corrected chi connectivity index (χ1v) is 8.25. The Morgan fingerprint density at radius 2 is 2.12 bits per heavy atom. The Balaban J connectivity index is 1.81. The fourth-order valence-electron chi connectivity index (χ4n) is 2.41. The van der Waals surface area contributed by atoms with Crippen LogP contribution in [0.15, 0.2) is 29.3 Å². The van der Waals surface area contributed by atoms with E-state index in [9.17, 15) is 9.18 Å². The van der Waals surface area contributed by atoms with Crippen LogP contribution in [0.1, 0.15) is 25.3 Å². The van der Waals surface area contributed by atoms with E-state index in [0.717, 1.165) is 12.8 Å². The van der Waals surface area contributed by atoms with Crippen LogP contribution in [-0.2, 0) is 11.3 Å². The minimum absolute atomic E-state index is 0.00365. The Morgan fingerprint density at radius 1 is 1.38 bits per heavy atom.